The lowest BCUT2D eigenvalue weighted by atomic mass is 10.1. The Bertz CT molecular complexity index is 939. The van der Waals surface area contributed by atoms with Gasteiger partial charge in [-0.3, -0.25) is 0 Å². The van der Waals surface area contributed by atoms with Crippen LogP contribution in [0.15, 0.2) is 24.5 Å². The zero-order valence-electron chi connectivity index (χ0n) is 15.9. The Morgan fingerprint density at radius 3 is 2.82 bits per heavy atom. The Hall–Kier alpha value is -2.65. The van der Waals surface area contributed by atoms with Crippen molar-refractivity contribution >= 4 is 44.0 Å². The van der Waals surface area contributed by atoms with Crippen LogP contribution in [0.4, 0.5) is 22.5 Å². The number of benzene rings is 1. The van der Waals surface area contributed by atoms with Crippen LogP contribution < -0.4 is 21.1 Å². The first-order valence-electron chi connectivity index (χ1n) is 9.51. The highest BCUT2D eigenvalue weighted by Crippen LogP contribution is 2.32. The highest BCUT2D eigenvalue weighted by molar-refractivity contribution is 7.22. The molecule has 1 fully saturated rings. The molecule has 1 aliphatic rings. The van der Waals surface area contributed by atoms with Crippen molar-refractivity contribution in [3.63, 3.8) is 0 Å². The van der Waals surface area contributed by atoms with E-state index in [2.05, 4.69) is 30.5 Å². The van der Waals surface area contributed by atoms with Crippen molar-refractivity contribution in [3.8, 4) is 5.75 Å². The first kappa shape index (κ1) is 18.7. The van der Waals surface area contributed by atoms with E-state index < -0.39 is 0 Å². The number of hydrogen-bond acceptors (Lipinski definition) is 9. The quantitative estimate of drug-likeness (QED) is 0.556. The van der Waals surface area contributed by atoms with Gasteiger partial charge >= 0.3 is 0 Å². The van der Waals surface area contributed by atoms with Gasteiger partial charge in [-0.1, -0.05) is 17.8 Å². The minimum Gasteiger partial charge on any atom is -0.497 e. The lowest BCUT2D eigenvalue weighted by Gasteiger charge is -2.26. The van der Waals surface area contributed by atoms with Crippen molar-refractivity contribution in [1.29, 1.82) is 0 Å². The molecule has 0 unspecified atom stereocenters. The summed E-state index contributed by atoms with van der Waals surface area (Å²) in [5.74, 6) is 2.02. The maximum atomic E-state index is 6.28. The maximum Gasteiger partial charge on any atom is 0.189 e. The smallest absolute Gasteiger partial charge is 0.189 e. The number of nitrogen functional groups attached to an aromatic ring is 1. The lowest BCUT2D eigenvalue weighted by Crippen LogP contribution is -2.33. The van der Waals surface area contributed by atoms with Crippen LogP contribution in [0.25, 0.3) is 10.2 Å². The molecular weight excluding hydrogens is 374 g/mol. The summed E-state index contributed by atoms with van der Waals surface area (Å²) in [6.45, 7) is 4.15. The SMILES string of the molecule is COc1ccc2nc(Nc3ncnc(NCCN4CCCCC4)c3N)sc2c1. The van der Waals surface area contributed by atoms with Gasteiger partial charge in [0.05, 0.1) is 17.3 Å². The predicted molar refractivity (Wildman–Crippen MR) is 115 cm³/mol. The number of hydrogen-bond donors (Lipinski definition) is 3. The van der Waals surface area contributed by atoms with Gasteiger partial charge in [-0.25, -0.2) is 15.0 Å². The summed E-state index contributed by atoms with van der Waals surface area (Å²) >= 11 is 1.53. The largest absolute Gasteiger partial charge is 0.497 e. The number of thiazole rings is 1. The molecule has 1 aliphatic heterocycles. The Labute approximate surface area is 168 Å². The second-order valence-electron chi connectivity index (χ2n) is 6.79. The van der Waals surface area contributed by atoms with Gasteiger partial charge in [0.2, 0.25) is 0 Å². The van der Waals surface area contributed by atoms with Gasteiger partial charge in [-0.15, -0.1) is 0 Å². The van der Waals surface area contributed by atoms with Crippen molar-refractivity contribution in [2.24, 2.45) is 0 Å². The summed E-state index contributed by atoms with van der Waals surface area (Å²) in [7, 11) is 1.66. The van der Waals surface area contributed by atoms with Crippen LogP contribution in [0, 0.1) is 0 Å². The van der Waals surface area contributed by atoms with E-state index in [4.69, 9.17) is 10.5 Å². The number of nitrogens with two attached hydrogens (primary N) is 1. The van der Waals surface area contributed by atoms with Crippen molar-refractivity contribution in [2.75, 3.05) is 49.7 Å². The van der Waals surface area contributed by atoms with Crippen molar-refractivity contribution in [2.45, 2.75) is 19.3 Å². The van der Waals surface area contributed by atoms with E-state index in [-0.39, 0.29) is 0 Å². The second kappa shape index (κ2) is 8.57. The number of rotatable bonds is 7. The molecule has 2 aromatic heterocycles. The topological polar surface area (TPSA) is 101 Å². The molecular formula is C19H25N7OS. The van der Waals surface area contributed by atoms with E-state index in [0.29, 0.717) is 17.3 Å². The molecule has 9 heteroatoms. The zero-order chi connectivity index (χ0) is 19.3. The van der Waals surface area contributed by atoms with E-state index in [1.807, 2.05) is 18.2 Å². The highest BCUT2D eigenvalue weighted by Gasteiger charge is 2.13. The Kier molecular flexibility index (Phi) is 5.73. The molecule has 4 rings (SSSR count). The van der Waals surface area contributed by atoms with Crippen LogP contribution in [-0.4, -0.2) is 53.1 Å². The van der Waals surface area contributed by atoms with E-state index in [9.17, 15) is 0 Å². The number of aromatic nitrogens is 3. The summed E-state index contributed by atoms with van der Waals surface area (Å²) < 4.78 is 6.31. The molecule has 1 saturated heterocycles. The lowest BCUT2D eigenvalue weighted by molar-refractivity contribution is 0.237. The molecule has 0 atom stereocenters. The minimum absolute atomic E-state index is 0.498. The van der Waals surface area contributed by atoms with E-state index in [1.54, 1.807) is 7.11 Å². The number of likely N-dealkylation sites (tertiary alicyclic amines) is 1. The summed E-state index contributed by atoms with van der Waals surface area (Å²) in [5.41, 5.74) is 7.69. The Morgan fingerprint density at radius 1 is 1.18 bits per heavy atom. The molecule has 0 saturated carbocycles. The minimum atomic E-state index is 0.498. The fourth-order valence-corrected chi connectivity index (χ4v) is 4.23. The molecule has 148 valence electrons. The zero-order valence-corrected chi connectivity index (χ0v) is 16.8. The van der Waals surface area contributed by atoms with Gasteiger partial charge < -0.3 is 26.0 Å². The van der Waals surface area contributed by atoms with Crippen LogP contribution in [-0.2, 0) is 0 Å². The fraction of sp³-hybridized carbons (Fsp3) is 0.421. The van der Waals surface area contributed by atoms with E-state index in [1.165, 1.54) is 50.0 Å². The first-order chi connectivity index (χ1) is 13.7. The average molecular weight is 400 g/mol. The standard InChI is InChI=1S/C19H25N7OS/c1-27-13-5-6-14-15(11-13)28-19(24-14)25-18-16(20)17(22-12-23-18)21-7-10-26-8-3-2-4-9-26/h5-6,11-12H,2-4,7-10,20H2,1H3,(H2,21,22,23,24,25). The normalized spacial score (nSPS) is 14.9. The third-order valence-corrected chi connectivity index (χ3v) is 5.81. The third-order valence-electron chi connectivity index (χ3n) is 4.87. The summed E-state index contributed by atoms with van der Waals surface area (Å²) in [6.07, 6.45) is 5.43. The highest BCUT2D eigenvalue weighted by atomic mass is 32.1. The van der Waals surface area contributed by atoms with Crippen LogP contribution in [0.2, 0.25) is 0 Å². The molecule has 0 aliphatic carbocycles. The van der Waals surface area contributed by atoms with Gasteiger partial charge in [-0.05, 0) is 44.1 Å². The third kappa shape index (κ3) is 4.26. The number of nitrogens with zero attached hydrogens (tertiary/aromatic N) is 4. The van der Waals surface area contributed by atoms with Crippen molar-refractivity contribution in [1.82, 2.24) is 19.9 Å². The van der Waals surface area contributed by atoms with Crippen LogP contribution in [0.1, 0.15) is 19.3 Å². The van der Waals surface area contributed by atoms with E-state index >= 15 is 0 Å². The van der Waals surface area contributed by atoms with Gasteiger partial charge in [-0.2, -0.15) is 0 Å². The van der Waals surface area contributed by atoms with Gasteiger partial charge in [0.1, 0.15) is 17.8 Å². The molecule has 0 radical (unpaired) electrons. The number of ether oxygens (including phenoxy) is 1. The second-order valence-corrected chi connectivity index (χ2v) is 7.82. The number of fused-ring (bicyclic) bond motifs is 1. The summed E-state index contributed by atoms with van der Waals surface area (Å²) in [4.78, 5) is 15.6. The molecule has 0 bridgehead atoms. The van der Waals surface area contributed by atoms with Gasteiger partial charge in [0.15, 0.2) is 16.8 Å². The molecule has 0 amide bonds. The van der Waals surface area contributed by atoms with Gasteiger partial charge in [0.25, 0.3) is 0 Å². The van der Waals surface area contributed by atoms with Crippen LogP contribution in [0.3, 0.4) is 0 Å². The van der Waals surface area contributed by atoms with Crippen molar-refractivity contribution in [3.05, 3.63) is 24.5 Å². The summed E-state index contributed by atoms with van der Waals surface area (Å²) in [5, 5.41) is 7.29. The number of piperidine rings is 1. The maximum absolute atomic E-state index is 6.28. The average Bonchev–Trinajstić information content (AvgIpc) is 3.13. The molecule has 0 spiro atoms. The molecule has 28 heavy (non-hydrogen) atoms. The molecule has 4 N–H and O–H groups in total. The monoisotopic (exact) mass is 399 g/mol. The Balaban J connectivity index is 1.42. The van der Waals surface area contributed by atoms with Crippen molar-refractivity contribution < 1.29 is 4.74 Å². The number of anilines is 4. The molecule has 3 heterocycles. The van der Waals surface area contributed by atoms with E-state index in [0.717, 1.165) is 34.2 Å². The summed E-state index contributed by atoms with van der Waals surface area (Å²) in [6, 6.07) is 5.80. The Morgan fingerprint density at radius 2 is 2.00 bits per heavy atom. The number of nitrogens with one attached hydrogen (secondary N) is 2. The van der Waals surface area contributed by atoms with Gasteiger partial charge in [0, 0.05) is 13.1 Å². The fourth-order valence-electron chi connectivity index (χ4n) is 3.34. The molecule has 8 nitrogen and oxygen atoms in total. The number of methoxy groups -OCH3 is 1. The molecule has 3 aromatic rings. The van der Waals surface area contributed by atoms with Crippen LogP contribution >= 0.6 is 11.3 Å². The molecule has 1 aromatic carbocycles. The van der Waals surface area contributed by atoms with Crippen LogP contribution in [0.5, 0.6) is 5.75 Å². The predicted octanol–water partition coefficient (Wildman–Crippen LogP) is 3.32. The first-order valence-corrected chi connectivity index (χ1v) is 10.3.